The fraction of sp³-hybridized carbons (Fsp3) is 0.267. The van der Waals surface area contributed by atoms with Crippen LogP contribution < -0.4 is 0 Å². The lowest BCUT2D eigenvalue weighted by Gasteiger charge is -2.33. The molecule has 21 heavy (non-hydrogen) atoms. The second-order valence-electron chi connectivity index (χ2n) is 5.00. The fourth-order valence-corrected chi connectivity index (χ4v) is 3.79. The monoisotopic (exact) mass is 325 g/mol. The molecular weight excluding hydrogens is 313 g/mol. The van der Waals surface area contributed by atoms with Crippen molar-refractivity contribution in [2.45, 2.75) is 19.0 Å². The quantitative estimate of drug-likeness (QED) is 0.935. The number of thiophene rings is 1. The summed E-state index contributed by atoms with van der Waals surface area (Å²) in [5.74, 6) is -1.25. The molecule has 2 heterocycles. The molecular formula is C15H13ClFNO2S. The van der Waals surface area contributed by atoms with Gasteiger partial charge in [-0.25, -0.2) is 4.39 Å². The molecule has 1 N–H and O–H groups in total. The molecule has 6 heteroatoms. The Morgan fingerprint density at radius 1 is 1.48 bits per heavy atom. The molecule has 1 aromatic carbocycles. The summed E-state index contributed by atoms with van der Waals surface area (Å²) >= 11 is 7.67. The molecule has 0 saturated heterocycles. The number of halogens is 2. The summed E-state index contributed by atoms with van der Waals surface area (Å²) in [6.45, 7) is 0.945. The van der Waals surface area contributed by atoms with Gasteiger partial charge in [-0.2, -0.15) is 0 Å². The van der Waals surface area contributed by atoms with E-state index < -0.39 is 12.0 Å². The van der Waals surface area contributed by atoms with Crippen LogP contribution in [0.2, 0.25) is 5.02 Å². The predicted molar refractivity (Wildman–Crippen MR) is 80.2 cm³/mol. The molecule has 0 spiro atoms. The van der Waals surface area contributed by atoms with Crippen molar-refractivity contribution < 1.29 is 14.3 Å². The zero-order valence-electron chi connectivity index (χ0n) is 11.1. The minimum Gasteiger partial charge on any atom is -0.480 e. The summed E-state index contributed by atoms with van der Waals surface area (Å²) in [5.41, 5.74) is 1.45. The molecule has 0 amide bonds. The Hall–Kier alpha value is -1.43. The Morgan fingerprint density at radius 3 is 3.05 bits per heavy atom. The highest BCUT2D eigenvalue weighted by Gasteiger charge is 2.33. The molecule has 2 aromatic rings. The summed E-state index contributed by atoms with van der Waals surface area (Å²) in [4.78, 5) is 14.6. The number of aliphatic carboxylic acids is 1. The minimum atomic E-state index is -0.887. The van der Waals surface area contributed by atoms with Crippen LogP contribution in [0.4, 0.5) is 4.39 Å². The van der Waals surface area contributed by atoms with Gasteiger partial charge in [0.05, 0.1) is 0 Å². The number of hydrogen-bond acceptors (Lipinski definition) is 3. The van der Waals surface area contributed by atoms with E-state index in [2.05, 4.69) is 0 Å². The van der Waals surface area contributed by atoms with Gasteiger partial charge >= 0.3 is 5.97 Å². The Labute approximate surface area is 130 Å². The summed E-state index contributed by atoms with van der Waals surface area (Å²) in [5, 5.41) is 11.9. The fourth-order valence-electron chi connectivity index (χ4n) is 2.71. The molecule has 3 rings (SSSR count). The van der Waals surface area contributed by atoms with Crippen LogP contribution in [0.3, 0.4) is 0 Å². The summed E-state index contributed by atoms with van der Waals surface area (Å²) in [6, 6.07) is 5.33. The summed E-state index contributed by atoms with van der Waals surface area (Å²) in [7, 11) is 0. The van der Waals surface area contributed by atoms with Gasteiger partial charge in [-0.3, -0.25) is 9.69 Å². The molecule has 1 aromatic heterocycles. The molecule has 0 fully saturated rings. The first-order valence-corrected chi connectivity index (χ1v) is 7.79. The maximum absolute atomic E-state index is 13.4. The molecule has 0 radical (unpaired) electrons. The largest absolute Gasteiger partial charge is 0.480 e. The SMILES string of the molecule is O=C(O)C1c2ccsc2CCN1Cc1cc(F)ccc1Cl. The minimum absolute atomic E-state index is 0.322. The Morgan fingerprint density at radius 2 is 2.29 bits per heavy atom. The Kier molecular flexibility index (Phi) is 3.97. The van der Waals surface area contributed by atoms with Crippen molar-refractivity contribution in [2.75, 3.05) is 6.54 Å². The molecule has 0 aliphatic carbocycles. The number of carbonyl (C=O) groups is 1. The number of nitrogens with zero attached hydrogens (tertiary/aromatic N) is 1. The Bertz CT molecular complexity index is 688. The van der Waals surface area contributed by atoms with E-state index in [1.807, 2.05) is 16.3 Å². The van der Waals surface area contributed by atoms with Crippen LogP contribution in [0, 0.1) is 5.82 Å². The van der Waals surface area contributed by atoms with Gasteiger partial charge in [0.15, 0.2) is 0 Å². The topological polar surface area (TPSA) is 40.5 Å². The average molecular weight is 326 g/mol. The lowest BCUT2D eigenvalue weighted by atomic mass is 9.99. The van der Waals surface area contributed by atoms with E-state index in [0.29, 0.717) is 23.7 Å². The number of hydrogen-bond donors (Lipinski definition) is 1. The standard InChI is InChI=1S/C15H13ClFNO2S/c16-12-2-1-10(17)7-9(12)8-18-5-3-13-11(4-6-21-13)14(18)15(19)20/h1-2,4,6-7,14H,3,5,8H2,(H,19,20). The van der Waals surface area contributed by atoms with Crippen molar-refractivity contribution in [1.29, 1.82) is 0 Å². The maximum Gasteiger partial charge on any atom is 0.325 e. The van der Waals surface area contributed by atoms with Crippen LogP contribution in [0.1, 0.15) is 22.0 Å². The molecule has 1 aliphatic rings. The number of carboxylic acid groups (broad SMARTS) is 1. The van der Waals surface area contributed by atoms with Crippen LogP contribution in [-0.4, -0.2) is 22.5 Å². The van der Waals surface area contributed by atoms with E-state index in [1.54, 1.807) is 11.3 Å². The third-order valence-electron chi connectivity index (χ3n) is 3.68. The second-order valence-corrected chi connectivity index (χ2v) is 6.40. The lowest BCUT2D eigenvalue weighted by molar-refractivity contribution is -0.144. The van der Waals surface area contributed by atoms with Gasteiger partial charge in [-0.1, -0.05) is 11.6 Å². The van der Waals surface area contributed by atoms with Crippen LogP contribution in [0.25, 0.3) is 0 Å². The molecule has 1 aliphatic heterocycles. The van der Waals surface area contributed by atoms with Gasteiger partial charge < -0.3 is 5.11 Å². The van der Waals surface area contributed by atoms with Gasteiger partial charge in [-0.05, 0) is 47.2 Å². The maximum atomic E-state index is 13.4. The smallest absolute Gasteiger partial charge is 0.325 e. The van der Waals surface area contributed by atoms with Crippen molar-refractivity contribution in [2.24, 2.45) is 0 Å². The van der Waals surface area contributed by atoms with E-state index >= 15 is 0 Å². The van der Waals surface area contributed by atoms with Crippen LogP contribution >= 0.6 is 22.9 Å². The summed E-state index contributed by atoms with van der Waals surface area (Å²) < 4.78 is 13.4. The molecule has 0 bridgehead atoms. The van der Waals surface area contributed by atoms with Crippen LogP contribution in [-0.2, 0) is 17.8 Å². The molecule has 3 nitrogen and oxygen atoms in total. The highest BCUT2D eigenvalue weighted by molar-refractivity contribution is 7.10. The highest BCUT2D eigenvalue weighted by Crippen LogP contribution is 2.35. The second kappa shape index (κ2) is 5.75. The normalized spacial score (nSPS) is 18.5. The van der Waals surface area contributed by atoms with E-state index in [-0.39, 0.29) is 5.82 Å². The van der Waals surface area contributed by atoms with E-state index in [1.165, 1.54) is 18.2 Å². The van der Waals surface area contributed by atoms with Crippen molar-refractivity contribution in [3.05, 3.63) is 56.5 Å². The van der Waals surface area contributed by atoms with Crippen molar-refractivity contribution in [1.82, 2.24) is 4.90 Å². The predicted octanol–water partition coefficient (Wildman–Crippen LogP) is 3.72. The first-order chi connectivity index (χ1) is 10.1. The number of benzene rings is 1. The summed E-state index contributed by atoms with van der Waals surface area (Å²) in [6.07, 6.45) is 0.809. The van der Waals surface area contributed by atoms with Gasteiger partial charge in [0.2, 0.25) is 0 Å². The Balaban J connectivity index is 1.91. The third-order valence-corrected chi connectivity index (χ3v) is 5.05. The molecule has 110 valence electrons. The van der Waals surface area contributed by atoms with Crippen molar-refractivity contribution in [3.63, 3.8) is 0 Å². The van der Waals surface area contributed by atoms with Crippen molar-refractivity contribution in [3.8, 4) is 0 Å². The molecule has 1 atom stereocenters. The highest BCUT2D eigenvalue weighted by atomic mass is 35.5. The van der Waals surface area contributed by atoms with Crippen molar-refractivity contribution >= 4 is 28.9 Å². The van der Waals surface area contributed by atoms with Gasteiger partial charge in [0.1, 0.15) is 11.9 Å². The first kappa shape index (κ1) is 14.5. The number of fused-ring (bicyclic) bond motifs is 1. The van der Waals surface area contributed by atoms with E-state index in [9.17, 15) is 14.3 Å². The zero-order chi connectivity index (χ0) is 15.0. The van der Waals surface area contributed by atoms with Gasteiger partial charge in [0, 0.05) is 23.0 Å². The van der Waals surface area contributed by atoms with E-state index in [0.717, 1.165) is 16.9 Å². The van der Waals surface area contributed by atoms with Crippen LogP contribution in [0.15, 0.2) is 29.6 Å². The first-order valence-electron chi connectivity index (χ1n) is 6.53. The number of rotatable bonds is 3. The zero-order valence-corrected chi connectivity index (χ0v) is 12.6. The number of carboxylic acids is 1. The lowest BCUT2D eigenvalue weighted by Crippen LogP contribution is -2.38. The third kappa shape index (κ3) is 2.81. The van der Waals surface area contributed by atoms with Gasteiger partial charge in [0.25, 0.3) is 0 Å². The average Bonchev–Trinajstić information content (AvgIpc) is 2.90. The molecule has 0 saturated carbocycles. The molecule has 1 unspecified atom stereocenters. The van der Waals surface area contributed by atoms with Crippen LogP contribution in [0.5, 0.6) is 0 Å². The van der Waals surface area contributed by atoms with Gasteiger partial charge in [-0.15, -0.1) is 11.3 Å². The van der Waals surface area contributed by atoms with E-state index in [4.69, 9.17) is 11.6 Å².